The van der Waals surface area contributed by atoms with Crippen LogP contribution in [0.3, 0.4) is 0 Å². The van der Waals surface area contributed by atoms with Crippen molar-refractivity contribution in [2.45, 2.75) is 31.7 Å². The maximum absolute atomic E-state index is 12.5. The Balaban J connectivity index is 1.48. The summed E-state index contributed by atoms with van der Waals surface area (Å²) < 4.78 is 32.1. The second-order valence-corrected chi connectivity index (χ2v) is 8.60. The zero-order valence-corrected chi connectivity index (χ0v) is 14.3. The van der Waals surface area contributed by atoms with Crippen LogP contribution in [0.25, 0.3) is 0 Å². The van der Waals surface area contributed by atoms with Crippen molar-refractivity contribution >= 4 is 15.7 Å². The van der Waals surface area contributed by atoms with Crippen molar-refractivity contribution in [2.75, 3.05) is 37.4 Å². The van der Waals surface area contributed by atoms with Gasteiger partial charge in [0.2, 0.25) is 10.0 Å². The lowest BCUT2D eigenvalue weighted by atomic mass is 9.98. The fraction of sp³-hybridized carbons (Fsp3) is 0.647. The highest BCUT2D eigenvalue weighted by atomic mass is 32.2. The van der Waals surface area contributed by atoms with Crippen LogP contribution in [0.5, 0.6) is 0 Å². The summed E-state index contributed by atoms with van der Waals surface area (Å²) in [6.07, 6.45) is 3.62. The van der Waals surface area contributed by atoms with Crippen molar-refractivity contribution in [3.8, 4) is 0 Å². The number of para-hydroxylation sites is 1. The molecule has 2 aliphatic rings. The lowest BCUT2D eigenvalue weighted by molar-refractivity contribution is 0.0655. The Bertz CT molecular complexity index is 585. The molecule has 0 saturated carbocycles. The summed E-state index contributed by atoms with van der Waals surface area (Å²) in [6, 6.07) is 10.2. The van der Waals surface area contributed by atoms with Gasteiger partial charge in [0.1, 0.15) is 0 Å². The van der Waals surface area contributed by atoms with Crippen LogP contribution in [0.1, 0.15) is 25.7 Å². The number of rotatable bonds is 6. The van der Waals surface area contributed by atoms with Gasteiger partial charge in [-0.15, -0.1) is 0 Å². The Morgan fingerprint density at radius 2 is 1.87 bits per heavy atom. The van der Waals surface area contributed by atoms with Gasteiger partial charge in [0.05, 0.1) is 5.75 Å². The van der Waals surface area contributed by atoms with E-state index >= 15 is 0 Å². The summed E-state index contributed by atoms with van der Waals surface area (Å²) in [6.45, 7) is 2.75. The fourth-order valence-corrected chi connectivity index (χ4v) is 5.03. The first-order chi connectivity index (χ1) is 11.1. The molecule has 1 N–H and O–H groups in total. The molecule has 3 rings (SSSR count). The number of anilines is 1. The molecular weight excluding hydrogens is 312 g/mol. The number of hydrogen-bond donors (Lipinski definition) is 1. The average molecular weight is 338 g/mol. The highest BCUT2D eigenvalue weighted by Crippen LogP contribution is 2.23. The van der Waals surface area contributed by atoms with Gasteiger partial charge in [-0.05, 0) is 43.7 Å². The molecule has 5 nitrogen and oxygen atoms in total. The number of sulfonamides is 1. The first-order valence-electron chi connectivity index (χ1n) is 8.50. The summed E-state index contributed by atoms with van der Waals surface area (Å²) in [5.41, 5.74) is 1.05. The quantitative estimate of drug-likeness (QED) is 0.865. The average Bonchev–Trinajstić information content (AvgIpc) is 3.04. The Kier molecular flexibility index (Phi) is 5.56. The summed E-state index contributed by atoms with van der Waals surface area (Å²) in [5.74, 6) is 0.773. The lowest BCUT2D eigenvalue weighted by Gasteiger charge is -2.23. The van der Waals surface area contributed by atoms with E-state index in [-0.39, 0.29) is 11.8 Å². The van der Waals surface area contributed by atoms with Crippen LogP contribution < -0.4 is 5.32 Å². The molecule has 0 radical (unpaired) electrons. The Morgan fingerprint density at radius 3 is 2.61 bits per heavy atom. The minimum atomic E-state index is -3.13. The van der Waals surface area contributed by atoms with Crippen molar-refractivity contribution in [3.05, 3.63) is 30.3 Å². The minimum absolute atomic E-state index is 0.204. The molecule has 1 aromatic rings. The molecule has 2 fully saturated rings. The van der Waals surface area contributed by atoms with Crippen molar-refractivity contribution in [1.82, 2.24) is 4.31 Å². The molecule has 0 aliphatic carbocycles. The van der Waals surface area contributed by atoms with Gasteiger partial charge in [0, 0.05) is 38.0 Å². The van der Waals surface area contributed by atoms with Gasteiger partial charge in [-0.2, -0.15) is 4.31 Å². The van der Waals surface area contributed by atoms with E-state index in [9.17, 15) is 8.42 Å². The summed E-state index contributed by atoms with van der Waals surface area (Å²) in [4.78, 5) is 0. The summed E-state index contributed by atoms with van der Waals surface area (Å²) >= 11 is 0. The van der Waals surface area contributed by atoms with Crippen molar-refractivity contribution in [1.29, 1.82) is 0 Å². The molecule has 128 valence electrons. The van der Waals surface area contributed by atoms with E-state index < -0.39 is 10.0 Å². The number of ether oxygens (including phenoxy) is 1. The van der Waals surface area contributed by atoms with Gasteiger partial charge in [0.15, 0.2) is 0 Å². The van der Waals surface area contributed by atoms with Gasteiger partial charge in [-0.1, -0.05) is 18.2 Å². The second kappa shape index (κ2) is 7.64. The zero-order chi connectivity index (χ0) is 16.1. The van der Waals surface area contributed by atoms with Gasteiger partial charge in [0.25, 0.3) is 0 Å². The monoisotopic (exact) mass is 338 g/mol. The van der Waals surface area contributed by atoms with Crippen LogP contribution in [-0.2, 0) is 14.8 Å². The molecule has 1 atom stereocenters. The minimum Gasteiger partial charge on any atom is -0.381 e. The molecular formula is C17H26N2O3S. The molecule has 6 heteroatoms. The maximum Gasteiger partial charge on any atom is 0.214 e. The van der Waals surface area contributed by atoms with Crippen LogP contribution in [-0.4, -0.2) is 50.8 Å². The highest BCUT2D eigenvalue weighted by molar-refractivity contribution is 7.89. The van der Waals surface area contributed by atoms with Crippen LogP contribution in [0, 0.1) is 5.92 Å². The van der Waals surface area contributed by atoms with Crippen molar-refractivity contribution in [3.63, 3.8) is 0 Å². The molecule has 23 heavy (non-hydrogen) atoms. The second-order valence-electron chi connectivity index (χ2n) is 6.51. The molecule has 2 saturated heterocycles. The third kappa shape index (κ3) is 4.68. The molecule has 0 bridgehead atoms. The van der Waals surface area contributed by atoms with Gasteiger partial charge < -0.3 is 10.1 Å². The third-order valence-corrected chi connectivity index (χ3v) is 6.68. The van der Waals surface area contributed by atoms with E-state index in [1.807, 2.05) is 30.3 Å². The first-order valence-corrected chi connectivity index (χ1v) is 10.1. The molecule has 1 aromatic carbocycles. The van der Waals surface area contributed by atoms with E-state index in [1.54, 1.807) is 4.31 Å². The van der Waals surface area contributed by atoms with Gasteiger partial charge >= 0.3 is 0 Å². The van der Waals surface area contributed by atoms with E-state index in [0.29, 0.717) is 19.0 Å². The van der Waals surface area contributed by atoms with Crippen molar-refractivity contribution in [2.24, 2.45) is 5.92 Å². The van der Waals surface area contributed by atoms with E-state index in [4.69, 9.17) is 4.74 Å². The van der Waals surface area contributed by atoms with Crippen LogP contribution in [0.2, 0.25) is 0 Å². The number of hydrogen-bond acceptors (Lipinski definition) is 4. The zero-order valence-electron chi connectivity index (χ0n) is 13.5. The van der Waals surface area contributed by atoms with Gasteiger partial charge in [-0.25, -0.2) is 8.42 Å². The predicted molar refractivity (Wildman–Crippen MR) is 92.0 cm³/mol. The number of nitrogens with zero attached hydrogens (tertiary/aromatic N) is 1. The van der Waals surface area contributed by atoms with Crippen LogP contribution >= 0.6 is 0 Å². The van der Waals surface area contributed by atoms with E-state index in [1.165, 1.54) is 0 Å². The maximum atomic E-state index is 12.5. The first kappa shape index (κ1) is 16.7. The lowest BCUT2D eigenvalue weighted by Crippen LogP contribution is -2.34. The van der Waals surface area contributed by atoms with Crippen molar-refractivity contribution < 1.29 is 13.2 Å². The highest BCUT2D eigenvalue weighted by Gasteiger charge is 2.31. The molecule has 2 heterocycles. The molecule has 0 amide bonds. The smallest absolute Gasteiger partial charge is 0.214 e. The van der Waals surface area contributed by atoms with E-state index in [0.717, 1.165) is 44.6 Å². The van der Waals surface area contributed by atoms with Gasteiger partial charge in [-0.3, -0.25) is 0 Å². The summed E-state index contributed by atoms with van der Waals surface area (Å²) in [5, 5.41) is 3.43. The Morgan fingerprint density at radius 1 is 1.13 bits per heavy atom. The number of nitrogens with one attached hydrogen (secondary N) is 1. The fourth-order valence-electron chi connectivity index (χ4n) is 3.35. The standard InChI is InChI=1S/C17H26N2O3S/c20-23(21,13-9-15-7-11-22-12-8-15)19-10-6-17(14-19)18-16-4-2-1-3-5-16/h1-5,15,17-18H,6-14H2. The van der Waals surface area contributed by atoms with Crippen LogP contribution in [0.15, 0.2) is 30.3 Å². The predicted octanol–water partition coefficient (Wildman–Crippen LogP) is 2.32. The number of benzene rings is 1. The SMILES string of the molecule is O=S(=O)(CCC1CCOCC1)N1CCC(Nc2ccccc2)C1. The van der Waals surface area contributed by atoms with E-state index in [2.05, 4.69) is 5.32 Å². The third-order valence-electron chi connectivity index (χ3n) is 4.81. The summed E-state index contributed by atoms with van der Waals surface area (Å²) in [7, 11) is -3.13. The topological polar surface area (TPSA) is 58.6 Å². The Labute approximate surface area is 139 Å². The molecule has 2 aliphatic heterocycles. The molecule has 0 aromatic heterocycles. The normalized spacial score (nSPS) is 23.9. The van der Waals surface area contributed by atoms with Crippen LogP contribution in [0.4, 0.5) is 5.69 Å². The molecule has 1 unspecified atom stereocenters. The Hall–Kier alpha value is -1.11. The largest absolute Gasteiger partial charge is 0.381 e. The molecule has 0 spiro atoms.